The van der Waals surface area contributed by atoms with Gasteiger partial charge in [-0.2, -0.15) is 0 Å². The molecule has 9 nitrogen and oxygen atoms in total. The second-order valence-electron chi connectivity index (χ2n) is 10.1. The van der Waals surface area contributed by atoms with Gasteiger partial charge in [-0.15, -0.1) is 21.5 Å². The van der Waals surface area contributed by atoms with E-state index < -0.39 is 23.2 Å². The molecule has 3 aromatic rings. The van der Waals surface area contributed by atoms with Crippen LogP contribution in [0.4, 0.5) is 0 Å². The number of primary amides is 1. The minimum atomic E-state index is -1.28. The SMILES string of the molecule is CCCc1cc2c(s1)-n1c(nnc1[C@@]1(C(CC)C(=O)O)C=CC=C3N=C(C(N)=O)C=C31)CN=C2c1ccccc1Cl. The normalized spacial score (nSPS) is 19.7. The number of nitrogens with zero attached hydrogens (tertiary/aromatic N) is 5. The number of hydrogen-bond acceptors (Lipinski definition) is 7. The van der Waals surface area contributed by atoms with Gasteiger partial charge in [0.15, 0.2) is 11.6 Å². The molecular weight excluding hydrogens is 560 g/mol. The highest BCUT2D eigenvalue weighted by Crippen LogP contribution is 2.50. The molecule has 0 bridgehead atoms. The average molecular weight is 587 g/mol. The fourth-order valence-electron chi connectivity index (χ4n) is 5.90. The van der Waals surface area contributed by atoms with Gasteiger partial charge in [0.2, 0.25) is 0 Å². The molecule has 0 saturated heterocycles. The van der Waals surface area contributed by atoms with Crippen molar-refractivity contribution in [2.24, 2.45) is 21.6 Å². The first-order valence-corrected chi connectivity index (χ1v) is 14.6. The number of aromatic nitrogens is 3. The van der Waals surface area contributed by atoms with Crippen molar-refractivity contribution in [3.05, 3.63) is 98.6 Å². The highest BCUT2D eigenvalue weighted by atomic mass is 35.5. The Hall–Kier alpha value is -4.15. The number of carboxylic acids is 1. The molecule has 11 heteroatoms. The third-order valence-electron chi connectivity index (χ3n) is 7.69. The van der Waals surface area contributed by atoms with Crippen LogP contribution >= 0.6 is 22.9 Å². The van der Waals surface area contributed by atoms with E-state index in [0.717, 1.165) is 39.6 Å². The summed E-state index contributed by atoms with van der Waals surface area (Å²) in [7, 11) is 0. The number of amides is 1. The first-order valence-electron chi connectivity index (χ1n) is 13.4. The maximum absolute atomic E-state index is 12.9. The lowest BCUT2D eigenvalue weighted by Crippen LogP contribution is -2.43. The molecule has 2 aliphatic heterocycles. The Morgan fingerprint density at radius 1 is 1.22 bits per heavy atom. The molecule has 2 aromatic heterocycles. The molecule has 1 aliphatic carbocycles. The van der Waals surface area contributed by atoms with E-state index in [9.17, 15) is 14.7 Å². The van der Waals surface area contributed by atoms with Gasteiger partial charge >= 0.3 is 5.97 Å². The van der Waals surface area contributed by atoms with Crippen molar-refractivity contribution in [1.82, 2.24) is 14.8 Å². The molecule has 0 spiro atoms. The van der Waals surface area contributed by atoms with Crippen LogP contribution in [-0.4, -0.2) is 43.2 Å². The van der Waals surface area contributed by atoms with Crippen LogP contribution in [0.3, 0.4) is 0 Å². The monoisotopic (exact) mass is 586 g/mol. The molecule has 0 radical (unpaired) electrons. The zero-order chi connectivity index (χ0) is 28.9. The lowest BCUT2D eigenvalue weighted by molar-refractivity contribution is -0.143. The number of carbonyl (C=O) groups is 2. The first kappa shape index (κ1) is 27.0. The van der Waals surface area contributed by atoms with Gasteiger partial charge in [0.25, 0.3) is 5.91 Å². The summed E-state index contributed by atoms with van der Waals surface area (Å²) in [5.41, 5.74) is 7.88. The number of carbonyl (C=O) groups excluding carboxylic acids is 1. The smallest absolute Gasteiger partial charge is 0.308 e. The quantitative estimate of drug-likeness (QED) is 0.385. The second-order valence-corrected chi connectivity index (χ2v) is 11.6. The summed E-state index contributed by atoms with van der Waals surface area (Å²) in [4.78, 5) is 35.6. The van der Waals surface area contributed by atoms with Crippen LogP contribution in [0, 0.1) is 5.92 Å². The molecule has 6 rings (SSSR count). The lowest BCUT2D eigenvalue weighted by Gasteiger charge is -2.38. The topological polar surface area (TPSA) is 136 Å². The zero-order valence-corrected chi connectivity index (χ0v) is 24.0. The van der Waals surface area contributed by atoms with E-state index in [0.29, 0.717) is 27.9 Å². The van der Waals surface area contributed by atoms with Crippen LogP contribution in [0.25, 0.3) is 5.00 Å². The number of carboxylic acid groups (broad SMARTS) is 1. The number of hydrogen-bond donors (Lipinski definition) is 2. The summed E-state index contributed by atoms with van der Waals surface area (Å²) in [5.74, 6) is -1.61. The predicted octanol–water partition coefficient (Wildman–Crippen LogP) is 4.95. The number of rotatable bonds is 8. The van der Waals surface area contributed by atoms with Crippen molar-refractivity contribution in [3.8, 4) is 5.00 Å². The Labute approximate surface area is 245 Å². The maximum atomic E-state index is 12.9. The zero-order valence-electron chi connectivity index (χ0n) is 22.5. The average Bonchev–Trinajstić information content (AvgIpc) is 3.66. The van der Waals surface area contributed by atoms with Crippen molar-refractivity contribution < 1.29 is 14.7 Å². The summed E-state index contributed by atoms with van der Waals surface area (Å²) in [6.45, 7) is 4.17. The van der Waals surface area contributed by atoms with E-state index >= 15 is 0 Å². The fraction of sp³-hybridized carbons (Fsp3) is 0.267. The molecule has 3 aliphatic rings. The van der Waals surface area contributed by atoms with E-state index in [4.69, 9.17) is 22.3 Å². The molecule has 3 N–H and O–H groups in total. The van der Waals surface area contributed by atoms with Crippen molar-refractivity contribution in [1.29, 1.82) is 0 Å². The summed E-state index contributed by atoms with van der Waals surface area (Å²) in [5, 5.41) is 21.2. The molecule has 0 fully saturated rings. The number of allylic oxidation sites excluding steroid dienone is 4. The Kier molecular flexibility index (Phi) is 6.83. The molecule has 208 valence electrons. The largest absolute Gasteiger partial charge is 0.481 e. The lowest BCUT2D eigenvalue weighted by atomic mass is 9.65. The third-order valence-corrected chi connectivity index (χ3v) is 9.20. The highest BCUT2D eigenvalue weighted by molar-refractivity contribution is 7.15. The summed E-state index contributed by atoms with van der Waals surface area (Å²) in [6.07, 6.45) is 9.06. The molecule has 0 saturated carbocycles. The van der Waals surface area contributed by atoms with Gasteiger partial charge in [-0.3, -0.25) is 19.1 Å². The highest BCUT2D eigenvalue weighted by Gasteiger charge is 2.52. The van der Waals surface area contributed by atoms with Crippen molar-refractivity contribution in [2.45, 2.75) is 45.1 Å². The molecule has 1 amide bonds. The minimum absolute atomic E-state index is 0.0709. The van der Waals surface area contributed by atoms with Crippen molar-refractivity contribution >= 4 is 46.2 Å². The van der Waals surface area contributed by atoms with Gasteiger partial charge < -0.3 is 10.8 Å². The fourth-order valence-corrected chi connectivity index (χ4v) is 7.41. The molecule has 1 unspecified atom stereocenters. The molecular formula is C30H27ClN6O3S. The van der Waals surface area contributed by atoms with Crippen molar-refractivity contribution in [2.75, 3.05) is 0 Å². The number of thiophene rings is 1. The number of fused-ring (bicyclic) bond motifs is 4. The van der Waals surface area contributed by atoms with E-state index in [1.54, 1.807) is 29.6 Å². The Morgan fingerprint density at radius 3 is 2.73 bits per heavy atom. The Morgan fingerprint density at radius 2 is 2.02 bits per heavy atom. The predicted molar refractivity (Wildman–Crippen MR) is 159 cm³/mol. The standard InChI is InChI=1S/C30H27ClN6O3S/c1-3-8-16-13-18-25(17-9-5-6-10-21(17)31)33-15-24-35-36-29(37(24)27(18)41-16)30(19(4-2)28(39)40)12-7-11-22-20(30)14-23(34-22)26(32)38/h5-7,9-14,19H,3-4,8,15H2,1-2H3,(H2,32,38)(H,39,40)/t19?,30-/m1/s1. The van der Waals surface area contributed by atoms with Gasteiger partial charge in [-0.25, -0.2) is 4.99 Å². The van der Waals surface area contributed by atoms with Gasteiger partial charge in [0.1, 0.15) is 17.3 Å². The number of halogens is 1. The van der Waals surface area contributed by atoms with Gasteiger partial charge in [0, 0.05) is 21.0 Å². The molecule has 4 heterocycles. The molecule has 41 heavy (non-hydrogen) atoms. The van der Waals surface area contributed by atoms with Gasteiger partial charge in [0.05, 0.1) is 22.7 Å². The van der Waals surface area contributed by atoms with E-state index in [-0.39, 0.29) is 18.7 Å². The second kappa shape index (κ2) is 10.4. The van der Waals surface area contributed by atoms with E-state index in [1.165, 1.54) is 0 Å². The van der Waals surface area contributed by atoms with Gasteiger partial charge in [-0.05, 0) is 42.7 Å². The Bertz CT molecular complexity index is 1760. The molecule has 2 atom stereocenters. The van der Waals surface area contributed by atoms with E-state index in [1.807, 2.05) is 41.8 Å². The summed E-state index contributed by atoms with van der Waals surface area (Å²) < 4.78 is 1.95. The van der Waals surface area contributed by atoms with Crippen LogP contribution < -0.4 is 5.73 Å². The molecule has 1 aromatic carbocycles. The van der Waals surface area contributed by atoms with Crippen LogP contribution in [-0.2, 0) is 28.0 Å². The summed E-state index contributed by atoms with van der Waals surface area (Å²) >= 11 is 8.26. The number of aliphatic carboxylic acids is 1. The number of aryl methyl sites for hydroxylation is 1. The maximum Gasteiger partial charge on any atom is 0.308 e. The van der Waals surface area contributed by atoms with Crippen LogP contribution in [0.2, 0.25) is 5.02 Å². The van der Waals surface area contributed by atoms with Crippen LogP contribution in [0.1, 0.15) is 54.3 Å². The van der Waals surface area contributed by atoms with Crippen LogP contribution in [0.5, 0.6) is 0 Å². The summed E-state index contributed by atoms with van der Waals surface area (Å²) in [6, 6.07) is 9.73. The van der Waals surface area contributed by atoms with Crippen LogP contribution in [0.15, 0.2) is 75.9 Å². The number of nitrogens with two attached hydrogens (primary N) is 1. The number of aliphatic imine (C=N–C) groups is 2. The minimum Gasteiger partial charge on any atom is -0.481 e. The third kappa shape index (κ3) is 4.20. The Balaban J connectivity index is 1.63. The number of benzene rings is 1. The van der Waals surface area contributed by atoms with E-state index in [2.05, 4.69) is 28.2 Å². The van der Waals surface area contributed by atoms with Gasteiger partial charge in [-0.1, -0.05) is 62.2 Å². The first-order chi connectivity index (χ1) is 19.8. The van der Waals surface area contributed by atoms with Crippen molar-refractivity contribution in [3.63, 3.8) is 0 Å².